The van der Waals surface area contributed by atoms with E-state index < -0.39 is 0 Å². The van der Waals surface area contributed by atoms with Crippen molar-refractivity contribution in [2.24, 2.45) is 11.7 Å². The lowest BCUT2D eigenvalue weighted by Crippen LogP contribution is -2.12. The molecule has 0 amide bonds. The molecule has 2 rings (SSSR count). The molecule has 1 aliphatic carbocycles. The van der Waals surface area contributed by atoms with Crippen molar-refractivity contribution in [2.45, 2.75) is 18.9 Å². The molecule has 1 saturated carbocycles. The topological polar surface area (TPSA) is 55.5 Å². The molecule has 0 saturated heterocycles. The van der Waals surface area contributed by atoms with Gasteiger partial charge >= 0.3 is 0 Å². The molecule has 0 aliphatic heterocycles. The minimum atomic E-state index is 0.0875. The minimum Gasteiger partial charge on any atom is -0.504 e. The fourth-order valence-electron chi connectivity index (χ4n) is 1.63. The van der Waals surface area contributed by atoms with Crippen LogP contribution in [0.2, 0.25) is 0 Å². The van der Waals surface area contributed by atoms with Crippen molar-refractivity contribution in [3.8, 4) is 11.5 Å². The van der Waals surface area contributed by atoms with Crippen molar-refractivity contribution in [3.63, 3.8) is 0 Å². The van der Waals surface area contributed by atoms with Crippen LogP contribution in [0.25, 0.3) is 0 Å². The van der Waals surface area contributed by atoms with Crippen LogP contribution in [0.4, 0.5) is 0 Å². The third-order valence-corrected chi connectivity index (χ3v) is 2.72. The predicted octanol–water partition coefficient (Wildman–Crippen LogP) is 1.81. The summed E-state index contributed by atoms with van der Waals surface area (Å²) in [5, 5.41) is 9.41. The van der Waals surface area contributed by atoms with E-state index in [9.17, 15) is 5.11 Å². The molecular formula is C11H15NO2. The number of rotatable bonds is 3. The Balaban J connectivity index is 2.25. The minimum absolute atomic E-state index is 0.0875. The molecule has 1 aromatic rings. The number of ether oxygens (including phenoxy) is 1. The second-order valence-electron chi connectivity index (χ2n) is 3.79. The van der Waals surface area contributed by atoms with E-state index >= 15 is 0 Å². The number of nitrogens with two attached hydrogens (primary N) is 1. The maximum atomic E-state index is 9.41. The summed E-state index contributed by atoms with van der Waals surface area (Å²) in [6, 6.07) is 5.40. The van der Waals surface area contributed by atoms with Gasteiger partial charge in [-0.2, -0.15) is 0 Å². The average Bonchev–Trinajstić information content (AvgIpc) is 3.01. The van der Waals surface area contributed by atoms with E-state index in [-0.39, 0.29) is 11.8 Å². The molecule has 76 valence electrons. The fraction of sp³-hybridized carbons (Fsp3) is 0.455. The highest BCUT2D eigenvalue weighted by Gasteiger charge is 2.29. The van der Waals surface area contributed by atoms with Crippen molar-refractivity contribution in [2.75, 3.05) is 7.11 Å². The maximum Gasteiger partial charge on any atom is 0.160 e. The van der Waals surface area contributed by atoms with Gasteiger partial charge in [0.1, 0.15) is 0 Å². The predicted molar refractivity (Wildman–Crippen MR) is 54.3 cm³/mol. The van der Waals surface area contributed by atoms with Gasteiger partial charge in [0.2, 0.25) is 0 Å². The van der Waals surface area contributed by atoms with E-state index in [1.807, 2.05) is 12.1 Å². The lowest BCUT2D eigenvalue weighted by molar-refractivity contribution is 0.372. The summed E-state index contributed by atoms with van der Waals surface area (Å²) < 4.78 is 5.03. The molecule has 1 fully saturated rings. The van der Waals surface area contributed by atoms with Gasteiger partial charge in [-0.05, 0) is 36.5 Å². The summed E-state index contributed by atoms with van der Waals surface area (Å²) in [6.45, 7) is 0. The summed E-state index contributed by atoms with van der Waals surface area (Å²) in [5.74, 6) is 1.28. The van der Waals surface area contributed by atoms with E-state index in [0.29, 0.717) is 11.7 Å². The molecule has 3 N–H and O–H groups in total. The van der Waals surface area contributed by atoms with Gasteiger partial charge < -0.3 is 15.6 Å². The first kappa shape index (κ1) is 9.34. The Hall–Kier alpha value is -1.22. The Bertz CT molecular complexity index is 334. The third-order valence-electron chi connectivity index (χ3n) is 2.72. The monoisotopic (exact) mass is 193 g/mol. The first-order valence-electron chi connectivity index (χ1n) is 4.85. The summed E-state index contributed by atoms with van der Waals surface area (Å²) >= 11 is 0. The second-order valence-corrected chi connectivity index (χ2v) is 3.79. The zero-order chi connectivity index (χ0) is 10.1. The summed E-state index contributed by atoms with van der Waals surface area (Å²) in [7, 11) is 1.54. The zero-order valence-corrected chi connectivity index (χ0v) is 8.23. The normalized spacial score (nSPS) is 17.9. The molecule has 0 unspecified atom stereocenters. The highest BCUT2D eigenvalue weighted by molar-refractivity contribution is 5.42. The largest absolute Gasteiger partial charge is 0.504 e. The quantitative estimate of drug-likeness (QED) is 0.769. The Kier molecular flexibility index (Phi) is 2.33. The van der Waals surface area contributed by atoms with Crippen LogP contribution in [0.3, 0.4) is 0 Å². The first-order chi connectivity index (χ1) is 6.72. The Labute approximate surface area is 83.5 Å². The second kappa shape index (κ2) is 3.50. The first-order valence-corrected chi connectivity index (χ1v) is 4.85. The smallest absolute Gasteiger partial charge is 0.160 e. The highest BCUT2D eigenvalue weighted by atomic mass is 16.5. The molecule has 0 bridgehead atoms. The number of hydrogen-bond donors (Lipinski definition) is 2. The molecule has 0 aromatic heterocycles. The van der Waals surface area contributed by atoms with Crippen molar-refractivity contribution >= 4 is 0 Å². The number of phenolic OH excluding ortho intramolecular Hbond substituents is 1. The summed E-state index contributed by atoms with van der Waals surface area (Å²) in [6.07, 6.45) is 2.43. The van der Waals surface area contributed by atoms with Crippen molar-refractivity contribution < 1.29 is 9.84 Å². The van der Waals surface area contributed by atoms with Crippen molar-refractivity contribution in [3.05, 3.63) is 23.8 Å². The molecule has 1 aliphatic rings. The molecule has 0 radical (unpaired) electrons. The van der Waals surface area contributed by atoms with Gasteiger partial charge in [0.15, 0.2) is 11.5 Å². The van der Waals surface area contributed by atoms with E-state index in [0.717, 1.165) is 5.56 Å². The highest BCUT2D eigenvalue weighted by Crippen LogP contribution is 2.41. The van der Waals surface area contributed by atoms with Gasteiger partial charge in [0.05, 0.1) is 7.11 Å². The van der Waals surface area contributed by atoms with Crippen LogP contribution < -0.4 is 10.5 Å². The van der Waals surface area contributed by atoms with E-state index in [1.165, 1.54) is 12.8 Å². The van der Waals surface area contributed by atoms with Crippen LogP contribution in [0, 0.1) is 5.92 Å². The van der Waals surface area contributed by atoms with Crippen molar-refractivity contribution in [1.29, 1.82) is 0 Å². The average molecular weight is 193 g/mol. The van der Waals surface area contributed by atoms with Gasteiger partial charge in [-0.15, -0.1) is 0 Å². The van der Waals surface area contributed by atoms with E-state index in [1.54, 1.807) is 13.2 Å². The molecule has 14 heavy (non-hydrogen) atoms. The van der Waals surface area contributed by atoms with Crippen LogP contribution in [0.5, 0.6) is 11.5 Å². The summed E-state index contributed by atoms with van der Waals surface area (Å²) in [4.78, 5) is 0. The van der Waals surface area contributed by atoms with Gasteiger partial charge in [0, 0.05) is 6.04 Å². The number of phenols is 1. The molecule has 1 aromatic carbocycles. The van der Waals surface area contributed by atoms with Crippen molar-refractivity contribution in [1.82, 2.24) is 0 Å². The number of hydrogen-bond acceptors (Lipinski definition) is 3. The number of aromatic hydroxyl groups is 1. The lowest BCUT2D eigenvalue weighted by atomic mass is 10.0. The zero-order valence-electron chi connectivity index (χ0n) is 8.23. The Morgan fingerprint density at radius 2 is 2.21 bits per heavy atom. The molecule has 0 spiro atoms. The number of benzene rings is 1. The fourth-order valence-corrected chi connectivity index (χ4v) is 1.63. The molecule has 3 heteroatoms. The SMILES string of the molecule is COc1cc([C@@H](N)C2CC2)ccc1O. The van der Waals surface area contributed by atoms with Gasteiger partial charge in [-0.3, -0.25) is 0 Å². The Morgan fingerprint density at radius 1 is 1.50 bits per heavy atom. The lowest BCUT2D eigenvalue weighted by Gasteiger charge is -2.12. The molecular weight excluding hydrogens is 178 g/mol. The van der Waals surface area contributed by atoms with Crippen LogP contribution in [-0.4, -0.2) is 12.2 Å². The van der Waals surface area contributed by atoms with Crippen LogP contribution in [0.1, 0.15) is 24.4 Å². The van der Waals surface area contributed by atoms with Gasteiger partial charge in [-0.1, -0.05) is 6.07 Å². The maximum absolute atomic E-state index is 9.41. The van der Waals surface area contributed by atoms with E-state index in [2.05, 4.69) is 0 Å². The van der Waals surface area contributed by atoms with Gasteiger partial charge in [-0.25, -0.2) is 0 Å². The van der Waals surface area contributed by atoms with Crippen LogP contribution in [0.15, 0.2) is 18.2 Å². The standard InChI is InChI=1S/C11H15NO2/c1-14-10-6-8(4-5-9(10)13)11(12)7-2-3-7/h4-7,11,13H,2-3,12H2,1H3/t11-/m0/s1. The molecule has 0 heterocycles. The van der Waals surface area contributed by atoms with Crippen LogP contribution >= 0.6 is 0 Å². The molecule has 1 atom stereocenters. The summed E-state index contributed by atoms with van der Waals surface area (Å²) in [5.41, 5.74) is 7.08. The third kappa shape index (κ3) is 1.68. The van der Waals surface area contributed by atoms with Gasteiger partial charge in [0.25, 0.3) is 0 Å². The number of methoxy groups -OCH3 is 1. The molecule has 3 nitrogen and oxygen atoms in total. The van der Waals surface area contributed by atoms with E-state index in [4.69, 9.17) is 10.5 Å². The Morgan fingerprint density at radius 3 is 2.79 bits per heavy atom. The van der Waals surface area contributed by atoms with Crippen LogP contribution in [-0.2, 0) is 0 Å².